The second-order valence-electron chi connectivity index (χ2n) is 10.5. The normalized spacial score (nSPS) is 13.0. The number of carbonyl (C=O) groups is 2. The molecule has 1 unspecified atom stereocenters. The minimum atomic E-state index is -4.47. The lowest BCUT2D eigenvalue weighted by Crippen LogP contribution is -2.53. The summed E-state index contributed by atoms with van der Waals surface area (Å²) in [5.41, 5.74) is 0.888. The van der Waals surface area contributed by atoms with Gasteiger partial charge in [0.1, 0.15) is 37.4 Å². The molecule has 2 amide bonds. The van der Waals surface area contributed by atoms with Crippen LogP contribution >= 0.6 is 0 Å². The number of amides is 2. The number of anilines is 1. The van der Waals surface area contributed by atoms with Crippen molar-refractivity contribution in [2.75, 3.05) is 30.6 Å². The maximum atomic E-state index is 15.0. The highest BCUT2D eigenvalue weighted by atomic mass is 32.2. The van der Waals surface area contributed by atoms with Gasteiger partial charge in [0.25, 0.3) is 10.0 Å². The summed E-state index contributed by atoms with van der Waals surface area (Å²) in [6.07, 6.45) is 0.0817. The third kappa shape index (κ3) is 7.45. The first-order valence-corrected chi connectivity index (χ1v) is 16.1. The van der Waals surface area contributed by atoms with Crippen LogP contribution in [0.15, 0.2) is 102 Å². The molecule has 4 aromatic carbocycles. The van der Waals surface area contributed by atoms with Crippen LogP contribution < -0.4 is 19.1 Å². The molecule has 0 bridgehead atoms. The van der Waals surface area contributed by atoms with Gasteiger partial charge in [-0.3, -0.25) is 13.9 Å². The maximum absolute atomic E-state index is 15.0. The predicted molar refractivity (Wildman–Crippen MR) is 168 cm³/mol. The Balaban J connectivity index is 1.57. The summed E-state index contributed by atoms with van der Waals surface area (Å²) >= 11 is 0. The number of rotatable bonds is 12. The van der Waals surface area contributed by atoms with E-state index in [0.717, 1.165) is 22.0 Å². The molecule has 0 saturated carbocycles. The van der Waals surface area contributed by atoms with Crippen molar-refractivity contribution >= 4 is 27.5 Å². The lowest BCUT2D eigenvalue weighted by molar-refractivity contribution is -0.140. The molecule has 1 aliphatic heterocycles. The number of ether oxygens (including phenoxy) is 2. The number of hydrogen-bond acceptors (Lipinski definition) is 6. The zero-order valence-corrected chi connectivity index (χ0v) is 25.9. The van der Waals surface area contributed by atoms with Crippen molar-refractivity contribution in [1.29, 1.82) is 0 Å². The quantitative estimate of drug-likeness (QED) is 0.239. The molecule has 5 rings (SSSR count). The van der Waals surface area contributed by atoms with Crippen molar-refractivity contribution in [2.45, 2.75) is 30.8 Å². The molecule has 0 radical (unpaired) electrons. The smallest absolute Gasteiger partial charge is 0.264 e. The lowest BCUT2D eigenvalue weighted by atomic mass is 10.0. The minimum Gasteiger partial charge on any atom is -0.486 e. The summed E-state index contributed by atoms with van der Waals surface area (Å²) in [5, 5.41) is 2.75. The van der Waals surface area contributed by atoms with Crippen LogP contribution in [0.25, 0.3) is 0 Å². The van der Waals surface area contributed by atoms with Crippen LogP contribution in [0.5, 0.6) is 11.5 Å². The van der Waals surface area contributed by atoms with Gasteiger partial charge >= 0.3 is 0 Å². The van der Waals surface area contributed by atoms with E-state index in [1.165, 1.54) is 53.4 Å². The minimum absolute atomic E-state index is 0.00750. The summed E-state index contributed by atoms with van der Waals surface area (Å²) in [7, 11) is -4.47. The third-order valence-electron chi connectivity index (χ3n) is 7.42. The number of hydrogen-bond donors (Lipinski definition) is 1. The molecule has 12 heteroatoms. The molecule has 46 heavy (non-hydrogen) atoms. The van der Waals surface area contributed by atoms with E-state index in [0.29, 0.717) is 12.4 Å². The molecule has 1 aliphatic rings. The van der Waals surface area contributed by atoms with Crippen molar-refractivity contribution < 1.29 is 36.3 Å². The molecule has 9 nitrogen and oxygen atoms in total. The topological polar surface area (TPSA) is 105 Å². The van der Waals surface area contributed by atoms with Gasteiger partial charge in [0.05, 0.1) is 10.6 Å². The van der Waals surface area contributed by atoms with Crippen molar-refractivity contribution in [3.8, 4) is 11.5 Å². The number of nitrogens with one attached hydrogen (secondary N) is 1. The molecule has 0 fully saturated rings. The van der Waals surface area contributed by atoms with E-state index in [4.69, 9.17) is 9.47 Å². The van der Waals surface area contributed by atoms with Crippen molar-refractivity contribution in [3.63, 3.8) is 0 Å². The summed E-state index contributed by atoms with van der Waals surface area (Å²) in [6, 6.07) is 22.5. The first-order valence-electron chi connectivity index (χ1n) is 14.7. The van der Waals surface area contributed by atoms with E-state index < -0.39 is 46.1 Å². The van der Waals surface area contributed by atoms with Crippen LogP contribution in [-0.2, 0) is 32.6 Å². The molecule has 1 atom stereocenters. The van der Waals surface area contributed by atoms with Gasteiger partial charge in [-0.15, -0.1) is 0 Å². The van der Waals surface area contributed by atoms with Gasteiger partial charge in [0.2, 0.25) is 11.8 Å². The standard InChI is InChI=1S/C34H33F2N3O6S/c1-2-37-34(41)30(20-24-8-4-3-5-9-24)38(22-25-10-6-7-11-29(25)36)33(40)23-39(27-14-12-26(35)13-15-27)46(42,43)28-16-17-31-32(21-28)45-19-18-44-31/h3-17,21,30H,2,18-20,22-23H2,1H3,(H,37,41). The third-order valence-corrected chi connectivity index (χ3v) is 9.19. The first kappa shape index (κ1) is 32.4. The Bertz CT molecular complexity index is 1790. The Hall–Kier alpha value is -4.97. The monoisotopic (exact) mass is 649 g/mol. The van der Waals surface area contributed by atoms with E-state index >= 15 is 0 Å². The highest BCUT2D eigenvalue weighted by Crippen LogP contribution is 2.34. The largest absolute Gasteiger partial charge is 0.486 e. The fraction of sp³-hybridized carbons (Fsp3) is 0.235. The van der Waals surface area contributed by atoms with Gasteiger partial charge in [-0.25, -0.2) is 17.2 Å². The number of fused-ring (bicyclic) bond motifs is 1. The summed E-state index contributed by atoms with van der Waals surface area (Å²) in [5.74, 6) is -1.87. The zero-order chi connectivity index (χ0) is 32.7. The number of carbonyl (C=O) groups excluding carboxylic acids is 2. The molecular formula is C34H33F2N3O6S. The molecule has 0 saturated heterocycles. The van der Waals surface area contributed by atoms with Crippen molar-refractivity contribution in [1.82, 2.24) is 10.2 Å². The van der Waals surface area contributed by atoms with Gasteiger partial charge in [0.15, 0.2) is 11.5 Å². The molecule has 0 aromatic heterocycles. The van der Waals surface area contributed by atoms with Crippen LogP contribution in [0.4, 0.5) is 14.5 Å². The van der Waals surface area contributed by atoms with Crippen LogP contribution in [0.2, 0.25) is 0 Å². The molecular weight excluding hydrogens is 616 g/mol. The van der Waals surface area contributed by atoms with E-state index in [1.807, 2.05) is 6.07 Å². The zero-order valence-electron chi connectivity index (χ0n) is 25.1. The molecule has 0 spiro atoms. The fourth-order valence-electron chi connectivity index (χ4n) is 5.10. The van der Waals surface area contributed by atoms with Gasteiger partial charge in [-0.2, -0.15) is 0 Å². The second kappa shape index (κ2) is 14.4. The lowest BCUT2D eigenvalue weighted by Gasteiger charge is -2.34. The van der Waals surface area contributed by atoms with Crippen LogP contribution in [0.3, 0.4) is 0 Å². The van der Waals surface area contributed by atoms with Gasteiger partial charge < -0.3 is 19.7 Å². The number of benzene rings is 4. The average molecular weight is 650 g/mol. The molecule has 1 heterocycles. The Labute approximate surface area is 266 Å². The Kier molecular flexibility index (Phi) is 10.2. The molecule has 240 valence electrons. The van der Waals surface area contributed by atoms with Crippen LogP contribution in [0, 0.1) is 11.6 Å². The van der Waals surface area contributed by atoms with Gasteiger partial charge in [0, 0.05) is 31.1 Å². The maximum Gasteiger partial charge on any atom is 0.264 e. The van der Waals surface area contributed by atoms with Crippen molar-refractivity contribution in [3.05, 3.63) is 120 Å². The van der Waals surface area contributed by atoms with E-state index in [2.05, 4.69) is 5.32 Å². The van der Waals surface area contributed by atoms with Crippen LogP contribution in [0.1, 0.15) is 18.1 Å². The highest BCUT2D eigenvalue weighted by molar-refractivity contribution is 7.92. The number of likely N-dealkylation sites (N-methyl/N-ethyl adjacent to an activating group) is 1. The molecule has 1 N–H and O–H groups in total. The first-order chi connectivity index (χ1) is 22.2. The predicted octanol–water partition coefficient (Wildman–Crippen LogP) is 4.71. The SMILES string of the molecule is CCNC(=O)C(Cc1ccccc1)N(Cc1ccccc1F)C(=O)CN(c1ccc(F)cc1)S(=O)(=O)c1ccc2c(c1)OCCO2. The Morgan fingerprint density at radius 2 is 1.54 bits per heavy atom. The Morgan fingerprint density at radius 1 is 0.870 bits per heavy atom. The fourth-order valence-corrected chi connectivity index (χ4v) is 6.53. The number of nitrogens with zero attached hydrogens (tertiary/aromatic N) is 2. The Morgan fingerprint density at radius 3 is 2.24 bits per heavy atom. The second-order valence-corrected chi connectivity index (χ2v) is 12.4. The van der Waals surface area contributed by atoms with E-state index in [9.17, 15) is 26.8 Å². The summed E-state index contributed by atoms with van der Waals surface area (Å²) in [4.78, 5) is 28.9. The summed E-state index contributed by atoms with van der Waals surface area (Å²) in [6.45, 7) is 1.44. The van der Waals surface area contributed by atoms with Gasteiger partial charge in [-0.05, 0) is 55.0 Å². The molecule has 0 aliphatic carbocycles. The van der Waals surface area contributed by atoms with Crippen molar-refractivity contribution in [2.24, 2.45) is 0 Å². The number of halogens is 2. The van der Waals surface area contributed by atoms with E-state index in [-0.39, 0.29) is 48.0 Å². The van der Waals surface area contributed by atoms with Gasteiger partial charge in [-0.1, -0.05) is 48.5 Å². The molecule has 4 aromatic rings. The van der Waals surface area contributed by atoms with E-state index in [1.54, 1.807) is 37.3 Å². The highest BCUT2D eigenvalue weighted by Gasteiger charge is 2.35. The average Bonchev–Trinajstić information content (AvgIpc) is 3.06. The van der Waals surface area contributed by atoms with Crippen LogP contribution in [-0.4, -0.2) is 57.5 Å². The number of sulfonamides is 1. The summed E-state index contributed by atoms with van der Waals surface area (Å²) < 4.78 is 69.3.